The van der Waals surface area contributed by atoms with Gasteiger partial charge in [-0.1, -0.05) is 54.4 Å². The second kappa shape index (κ2) is 12.5. The van der Waals surface area contributed by atoms with Crippen molar-refractivity contribution in [2.75, 3.05) is 6.61 Å². The second-order valence-corrected chi connectivity index (χ2v) is 4.38. The molecular weight excluding hydrogens is 260 g/mol. The van der Waals surface area contributed by atoms with E-state index < -0.39 is 24.6 Å². The van der Waals surface area contributed by atoms with Crippen LogP contribution in [0.3, 0.4) is 0 Å². The number of aliphatic hydroxyl groups excluding tert-OH is 4. The Bertz CT molecular complexity index is 206. The maximum Gasteiger partial charge on any atom is 0.183 e. The molecule has 1 fully saturated rings. The van der Waals surface area contributed by atoms with E-state index in [0.717, 1.165) is 12.8 Å². The van der Waals surface area contributed by atoms with Crippen LogP contribution in [0.25, 0.3) is 0 Å². The Kier molecular flexibility index (Phi) is 13.8. The third-order valence-corrected chi connectivity index (χ3v) is 3.55. The van der Waals surface area contributed by atoms with E-state index in [1.54, 1.807) is 0 Å². The topological polar surface area (TPSA) is 90.2 Å². The van der Waals surface area contributed by atoms with Crippen LogP contribution in [-0.4, -0.2) is 51.6 Å². The molecule has 0 aromatic heterocycles. The zero-order valence-electron chi connectivity index (χ0n) is 13.8. The maximum atomic E-state index is 9.94. The van der Waals surface area contributed by atoms with Crippen LogP contribution in [-0.2, 0) is 4.74 Å². The van der Waals surface area contributed by atoms with Crippen molar-refractivity contribution < 1.29 is 25.2 Å². The number of ether oxygens (including phenoxy) is 1. The fraction of sp³-hybridized carbons (Fsp3) is 1.00. The predicted molar refractivity (Wildman–Crippen MR) is 80.2 cm³/mol. The summed E-state index contributed by atoms with van der Waals surface area (Å²) in [7, 11) is 0. The van der Waals surface area contributed by atoms with E-state index >= 15 is 0 Å². The lowest BCUT2D eigenvalue weighted by Gasteiger charge is -2.43. The number of hydrogen-bond donors (Lipinski definition) is 4. The Morgan fingerprint density at radius 2 is 1.35 bits per heavy atom. The first-order chi connectivity index (χ1) is 9.56. The Morgan fingerprint density at radius 3 is 1.70 bits per heavy atom. The fourth-order valence-electron chi connectivity index (χ4n) is 2.55. The summed E-state index contributed by atoms with van der Waals surface area (Å²) in [6.07, 6.45) is -2.71. The number of aliphatic hydroxyl groups is 4. The Labute approximate surface area is 123 Å². The van der Waals surface area contributed by atoms with Crippen molar-refractivity contribution >= 4 is 0 Å². The SMILES string of the molecule is CC.CC.CCC(CC)C1C(CO)OC(O)C(O)C1O. The van der Waals surface area contributed by atoms with E-state index in [2.05, 4.69) is 0 Å². The summed E-state index contributed by atoms with van der Waals surface area (Å²) in [5.41, 5.74) is 0. The van der Waals surface area contributed by atoms with Gasteiger partial charge in [-0.05, 0) is 5.92 Å². The van der Waals surface area contributed by atoms with E-state index in [1.165, 1.54) is 0 Å². The molecule has 5 nitrogen and oxygen atoms in total. The molecule has 20 heavy (non-hydrogen) atoms. The molecule has 0 bridgehead atoms. The lowest BCUT2D eigenvalue weighted by Crippen LogP contribution is -2.57. The molecule has 0 aliphatic carbocycles. The molecule has 0 radical (unpaired) electrons. The van der Waals surface area contributed by atoms with Gasteiger partial charge in [0.25, 0.3) is 0 Å². The van der Waals surface area contributed by atoms with Gasteiger partial charge < -0.3 is 25.2 Å². The lowest BCUT2D eigenvalue weighted by molar-refractivity contribution is -0.281. The van der Waals surface area contributed by atoms with Crippen molar-refractivity contribution in [3.8, 4) is 0 Å². The highest BCUT2D eigenvalue weighted by Crippen LogP contribution is 2.34. The van der Waals surface area contributed by atoms with Crippen LogP contribution in [0.2, 0.25) is 0 Å². The Morgan fingerprint density at radius 1 is 0.900 bits per heavy atom. The minimum absolute atomic E-state index is 0.161. The van der Waals surface area contributed by atoms with Gasteiger partial charge in [0.2, 0.25) is 0 Å². The quantitative estimate of drug-likeness (QED) is 0.631. The molecule has 1 heterocycles. The average molecular weight is 294 g/mol. The van der Waals surface area contributed by atoms with Crippen molar-refractivity contribution in [3.63, 3.8) is 0 Å². The van der Waals surface area contributed by atoms with Crippen LogP contribution in [0.15, 0.2) is 0 Å². The Balaban J connectivity index is 0. The first kappa shape index (κ1) is 22.1. The monoisotopic (exact) mass is 294 g/mol. The predicted octanol–water partition coefficient (Wildman–Crippen LogP) is 1.52. The van der Waals surface area contributed by atoms with Crippen molar-refractivity contribution in [3.05, 3.63) is 0 Å². The smallest absolute Gasteiger partial charge is 0.183 e. The van der Waals surface area contributed by atoms with Crippen LogP contribution in [0.1, 0.15) is 54.4 Å². The summed E-state index contributed by atoms with van der Waals surface area (Å²) < 4.78 is 5.11. The lowest BCUT2D eigenvalue weighted by atomic mass is 9.77. The molecule has 1 saturated heterocycles. The summed E-state index contributed by atoms with van der Waals surface area (Å²) in [5.74, 6) is -0.173. The molecular formula is C15H34O5. The average Bonchev–Trinajstić information content (AvgIpc) is 2.51. The third-order valence-electron chi connectivity index (χ3n) is 3.55. The summed E-state index contributed by atoms with van der Waals surface area (Å²) >= 11 is 0. The highest BCUT2D eigenvalue weighted by atomic mass is 16.6. The van der Waals surface area contributed by atoms with Crippen LogP contribution >= 0.6 is 0 Å². The molecule has 0 spiro atoms. The molecule has 0 aromatic carbocycles. The van der Waals surface area contributed by atoms with Gasteiger partial charge >= 0.3 is 0 Å². The van der Waals surface area contributed by atoms with Crippen molar-refractivity contribution in [2.45, 2.75) is 79.0 Å². The normalized spacial score (nSPS) is 32.9. The molecule has 5 unspecified atom stereocenters. The first-order valence-electron chi connectivity index (χ1n) is 7.87. The summed E-state index contributed by atoms with van der Waals surface area (Å²) in [5, 5.41) is 38.0. The van der Waals surface area contributed by atoms with Crippen LogP contribution in [0, 0.1) is 11.8 Å². The van der Waals surface area contributed by atoms with Crippen LogP contribution < -0.4 is 0 Å². The first-order valence-corrected chi connectivity index (χ1v) is 7.87. The summed E-state index contributed by atoms with van der Waals surface area (Å²) in [4.78, 5) is 0. The van der Waals surface area contributed by atoms with E-state index in [9.17, 15) is 20.4 Å². The van der Waals surface area contributed by atoms with Gasteiger partial charge in [0, 0.05) is 5.92 Å². The van der Waals surface area contributed by atoms with E-state index in [-0.39, 0.29) is 18.4 Å². The molecule has 0 saturated carbocycles. The number of hydrogen-bond acceptors (Lipinski definition) is 5. The van der Waals surface area contributed by atoms with E-state index in [0.29, 0.717) is 0 Å². The summed E-state index contributed by atoms with van der Waals surface area (Å²) in [6, 6.07) is 0. The molecule has 4 N–H and O–H groups in total. The molecule has 1 rings (SSSR count). The molecule has 5 atom stereocenters. The zero-order chi connectivity index (χ0) is 16.3. The Hall–Kier alpha value is -0.200. The largest absolute Gasteiger partial charge is 0.394 e. The molecule has 5 heteroatoms. The van der Waals surface area contributed by atoms with E-state index in [4.69, 9.17) is 4.74 Å². The van der Waals surface area contributed by atoms with Gasteiger partial charge in [0.05, 0.1) is 18.8 Å². The molecule has 0 aromatic rings. The van der Waals surface area contributed by atoms with Gasteiger partial charge in [-0.3, -0.25) is 0 Å². The standard InChI is InChI=1S/C11H22O5.2C2H6/c1-3-6(4-2)8-7(5-12)16-11(15)10(14)9(8)13;2*1-2/h6-15H,3-5H2,1-2H3;2*1-2H3. The third kappa shape index (κ3) is 5.66. The summed E-state index contributed by atoms with van der Waals surface area (Å²) in [6.45, 7) is 11.7. The highest BCUT2D eigenvalue weighted by Gasteiger charge is 2.45. The van der Waals surface area contributed by atoms with Crippen LogP contribution in [0.5, 0.6) is 0 Å². The highest BCUT2D eigenvalue weighted by molar-refractivity contribution is 4.91. The minimum Gasteiger partial charge on any atom is -0.394 e. The number of rotatable bonds is 4. The van der Waals surface area contributed by atoms with Gasteiger partial charge in [0.15, 0.2) is 6.29 Å². The molecule has 124 valence electrons. The van der Waals surface area contributed by atoms with Gasteiger partial charge in [-0.15, -0.1) is 0 Å². The van der Waals surface area contributed by atoms with Crippen molar-refractivity contribution in [1.82, 2.24) is 0 Å². The van der Waals surface area contributed by atoms with Crippen LogP contribution in [0.4, 0.5) is 0 Å². The van der Waals surface area contributed by atoms with Crippen molar-refractivity contribution in [1.29, 1.82) is 0 Å². The fourth-order valence-corrected chi connectivity index (χ4v) is 2.55. The molecule has 0 amide bonds. The second-order valence-electron chi connectivity index (χ2n) is 4.38. The zero-order valence-corrected chi connectivity index (χ0v) is 13.8. The maximum absolute atomic E-state index is 9.94. The minimum atomic E-state index is -1.42. The molecule has 1 aliphatic heterocycles. The van der Waals surface area contributed by atoms with E-state index in [1.807, 2.05) is 41.5 Å². The van der Waals surface area contributed by atoms with Gasteiger partial charge in [0.1, 0.15) is 6.10 Å². The van der Waals surface area contributed by atoms with Gasteiger partial charge in [-0.2, -0.15) is 0 Å². The van der Waals surface area contributed by atoms with Gasteiger partial charge in [-0.25, -0.2) is 0 Å². The van der Waals surface area contributed by atoms with Crippen molar-refractivity contribution in [2.24, 2.45) is 11.8 Å². The molecule has 1 aliphatic rings.